The van der Waals surface area contributed by atoms with Gasteiger partial charge in [-0.1, -0.05) is 6.07 Å². The molecule has 88 valence electrons. The highest BCUT2D eigenvalue weighted by atomic mass is 16.1. The van der Waals surface area contributed by atoms with Crippen molar-refractivity contribution in [3.05, 3.63) is 41.1 Å². The number of rotatable bonds is 3. The predicted octanol–water partition coefficient (Wildman–Crippen LogP) is 2.27. The van der Waals surface area contributed by atoms with Gasteiger partial charge < -0.3 is 5.73 Å². The Morgan fingerprint density at radius 2 is 2.06 bits per heavy atom. The summed E-state index contributed by atoms with van der Waals surface area (Å²) < 4.78 is 0. The van der Waals surface area contributed by atoms with E-state index in [9.17, 15) is 4.79 Å². The third-order valence-electron chi connectivity index (χ3n) is 2.97. The summed E-state index contributed by atoms with van der Waals surface area (Å²) in [6.07, 6.45) is 2.92. The minimum absolute atomic E-state index is 0.259. The molecule has 1 aromatic heterocycles. The van der Waals surface area contributed by atoms with E-state index in [1.54, 1.807) is 0 Å². The van der Waals surface area contributed by atoms with Crippen molar-refractivity contribution in [2.24, 2.45) is 5.73 Å². The highest BCUT2D eigenvalue weighted by Gasteiger charge is 2.05. The van der Waals surface area contributed by atoms with E-state index in [4.69, 9.17) is 5.73 Å². The molecule has 0 radical (unpaired) electrons. The Balaban J connectivity index is 2.46. The molecule has 0 saturated heterocycles. The Morgan fingerprint density at radius 3 is 2.76 bits per heavy atom. The second-order valence-corrected chi connectivity index (χ2v) is 4.40. The zero-order chi connectivity index (χ0) is 12.4. The number of carbonyl (C=O) groups excluding carboxylic acids is 1. The second kappa shape index (κ2) is 4.53. The van der Waals surface area contributed by atoms with Crippen molar-refractivity contribution in [3.8, 4) is 0 Å². The number of benzene rings is 1. The normalized spacial score (nSPS) is 10.7. The first-order valence-electron chi connectivity index (χ1n) is 5.71. The lowest BCUT2D eigenvalue weighted by Crippen LogP contribution is -2.11. The largest absolute Gasteiger partial charge is 0.370 e. The number of nitrogens with two attached hydrogens (primary N) is 1. The Labute approximate surface area is 101 Å². The van der Waals surface area contributed by atoms with Crippen LogP contribution in [0.2, 0.25) is 0 Å². The van der Waals surface area contributed by atoms with E-state index in [2.05, 4.69) is 24.0 Å². The lowest BCUT2D eigenvalue weighted by atomic mass is 10.00. The smallest absolute Gasteiger partial charge is 0.217 e. The fourth-order valence-corrected chi connectivity index (χ4v) is 2.05. The van der Waals surface area contributed by atoms with Crippen molar-refractivity contribution in [2.75, 3.05) is 0 Å². The van der Waals surface area contributed by atoms with Crippen LogP contribution in [0.3, 0.4) is 0 Å². The summed E-state index contributed by atoms with van der Waals surface area (Å²) in [5.74, 6) is -0.259. The fourth-order valence-electron chi connectivity index (χ4n) is 2.05. The van der Waals surface area contributed by atoms with Crippen LogP contribution in [0.1, 0.15) is 23.1 Å². The third-order valence-corrected chi connectivity index (χ3v) is 2.97. The topological polar surface area (TPSA) is 56.0 Å². The van der Waals surface area contributed by atoms with Crippen LogP contribution in [-0.2, 0) is 11.2 Å². The number of carbonyl (C=O) groups is 1. The number of aromatic nitrogens is 1. The number of hydrogen-bond acceptors (Lipinski definition) is 2. The van der Waals surface area contributed by atoms with Crippen molar-refractivity contribution in [3.63, 3.8) is 0 Å². The molecule has 2 rings (SSSR count). The van der Waals surface area contributed by atoms with Crippen LogP contribution in [0.25, 0.3) is 10.9 Å². The van der Waals surface area contributed by atoms with Gasteiger partial charge in [-0.25, -0.2) is 0 Å². The zero-order valence-electron chi connectivity index (χ0n) is 10.2. The van der Waals surface area contributed by atoms with Gasteiger partial charge in [0, 0.05) is 18.0 Å². The average molecular weight is 228 g/mol. The van der Waals surface area contributed by atoms with Gasteiger partial charge in [-0.15, -0.1) is 0 Å². The molecule has 0 spiro atoms. The molecule has 0 saturated carbocycles. The van der Waals surface area contributed by atoms with E-state index in [0.717, 1.165) is 22.0 Å². The van der Waals surface area contributed by atoms with Crippen molar-refractivity contribution in [1.29, 1.82) is 0 Å². The summed E-state index contributed by atoms with van der Waals surface area (Å²) in [7, 11) is 0. The summed E-state index contributed by atoms with van der Waals surface area (Å²) in [5, 5.41) is 1.16. The van der Waals surface area contributed by atoms with Crippen molar-refractivity contribution >= 4 is 16.8 Å². The molecule has 0 bridgehead atoms. The second-order valence-electron chi connectivity index (χ2n) is 4.40. The molecule has 3 nitrogen and oxygen atoms in total. The molecule has 17 heavy (non-hydrogen) atoms. The molecule has 0 unspecified atom stereocenters. The summed E-state index contributed by atoms with van der Waals surface area (Å²) in [4.78, 5) is 15.2. The fraction of sp³-hybridized carbons (Fsp3) is 0.286. The van der Waals surface area contributed by atoms with Crippen LogP contribution in [-0.4, -0.2) is 10.9 Å². The highest BCUT2D eigenvalue weighted by Crippen LogP contribution is 2.22. The van der Waals surface area contributed by atoms with Crippen LogP contribution >= 0.6 is 0 Å². The first kappa shape index (κ1) is 11.6. The molecule has 1 aromatic carbocycles. The average Bonchev–Trinajstić information content (AvgIpc) is 2.28. The number of primary amides is 1. The van der Waals surface area contributed by atoms with Gasteiger partial charge in [0.25, 0.3) is 0 Å². The maximum Gasteiger partial charge on any atom is 0.217 e. The van der Waals surface area contributed by atoms with Crippen LogP contribution in [0, 0.1) is 13.8 Å². The van der Waals surface area contributed by atoms with E-state index in [-0.39, 0.29) is 5.91 Å². The standard InChI is InChI=1S/C14H16N2O/c1-9-5-6-16-14-10(2)7-11(8-12(9)14)3-4-13(15)17/h5-8H,3-4H2,1-2H3,(H2,15,17). The summed E-state index contributed by atoms with van der Waals surface area (Å²) in [6, 6.07) is 6.19. The van der Waals surface area contributed by atoms with Crippen LogP contribution in [0.15, 0.2) is 24.4 Å². The zero-order valence-corrected chi connectivity index (χ0v) is 10.2. The van der Waals surface area contributed by atoms with Crippen LogP contribution < -0.4 is 5.73 Å². The Kier molecular flexibility index (Phi) is 3.09. The van der Waals surface area contributed by atoms with E-state index in [1.165, 1.54) is 5.56 Å². The molecule has 0 aliphatic rings. The van der Waals surface area contributed by atoms with Gasteiger partial charge in [0.05, 0.1) is 5.52 Å². The van der Waals surface area contributed by atoms with Crippen LogP contribution in [0.5, 0.6) is 0 Å². The first-order chi connectivity index (χ1) is 8.08. The van der Waals surface area contributed by atoms with E-state index >= 15 is 0 Å². The van der Waals surface area contributed by atoms with Crippen LogP contribution in [0.4, 0.5) is 0 Å². The molecule has 1 amide bonds. The summed E-state index contributed by atoms with van der Waals surface area (Å²) >= 11 is 0. The molecule has 0 aliphatic heterocycles. The van der Waals surface area contributed by atoms with E-state index in [0.29, 0.717) is 12.8 Å². The van der Waals surface area contributed by atoms with Crippen molar-refractivity contribution in [2.45, 2.75) is 26.7 Å². The number of fused-ring (bicyclic) bond motifs is 1. The number of aryl methyl sites for hydroxylation is 3. The maximum absolute atomic E-state index is 10.8. The summed E-state index contributed by atoms with van der Waals surface area (Å²) in [6.45, 7) is 4.11. The minimum Gasteiger partial charge on any atom is -0.370 e. The molecular formula is C14H16N2O. The van der Waals surface area contributed by atoms with Gasteiger partial charge in [0.2, 0.25) is 5.91 Å². The quantitative estimate of drug-likeness (QED) is 0.876. The predicted molar refractivity (Wildman–Crippen MR) is 68.7 cm³/mol. The van der Waals surface area contributed by atoms with Gasteiger partial charge >= 0.3 is 0 Å². The van der Waals surface area contributed by atoms with E-state index < -0.39 is 0 Å². The van der Waals surface area contributed by atoms with E-state index in [1.807, 2.05) is 19.2 Å². The van der Waals surface area contributed by atoms with Crippen molar-refractivity contribution < 1.29 is 4.79 Å². The molecule has 2 N–H and O–H groups in total. The van der Waals surface area contributed by atoms with Crippen molar-refractivity contribution in [1.82, 2.24) is 4.98 Å². The van der Waals surface area contributed by atoms with Gasteiger partial charge in [0.15, 0.2) is 0 Å². The van der Waals surface area contributed by atoms with Gasteiger partial charge in [0.1, 0.15) is 0 Å². The Hall–Kier alpha value is -1.90. The third kappa shape index (κ3) is 2.44. The number of amides is 1. The first-order valence-corrected chi connectivity index (χ1v) is 5.71. The molecule has 0 aliphatic carbocycles. The monoisotopic (exact) mass is 228 g/mol. The molecule has 1 heterocycles. The lowest BCUT2D eigenvalue weighted by Gasteiger charge is -2.08. The molecule has 0 atom stereocenters. The molecule has 3 heteroatoms. The van der Waals surface area contributed by atoms with Gasteiger partial charge in [-0.2, -0.15) is 0 Å². The summed E-state index contributed by atoms with van der Waals surface area (Å²) in [5.41, 5.74) is 9.70. The Morgan fingerprint density at radius 1 is 1.29 bits per heavy atom. The SMILES string of the molecule is Cc1ccnc2c(C)cc(CCC(N)=O)cc12. The minimum atomic E-state index is -0.259. The molecule has 0 fully saturated rings. The highest BCUT2D eigenvalue weighted by molar-refractivity contribution is 5.85. The molecular weight excluding hydrogens is 212 g/mol. The maximum atomic E-state index is 10.8. The number of pyridine rings is 1. The lowest BCUT2D eigenvalue weighted by molar-refractivity contribution is -0.117. The number of hydrogen-bond donors (Lipinski definition) is 1. The number of nitrogens with zero attached hydrogens (tertiary/aromatic N) is 1. The van der Waals surface area contributed by atoms with Gasteiger partial charge in [-0.3, -0.25) is 9.78 Å². The van der Waals surface area contributed by atoms with Gasteiger partial charge in [-0.05, 0) is 49.1 Å². The Bertz CT molecular complexity index is 576. The molecule has 2 aromatic rings.